The number of nitrogens with two attached hydrogens (primary N) is 1. The summed E-state index contributed by atoms with van der Waals surface area (Å²) in [5.74, 6) is -0.520. The van der Waals surface area contributed by atoms with Crippen LogP contribution in [0.3, 0.4) is 0 Å². The van der Waals surface area contributed by atoms with Gasteiger partial charge in [-0.15, -0.1) is 0 Å². The molecule has 2 heterocycles. The lowest BCUT2D eigenvalue weighted by atomic mass is 10.1. The second-order valence-corrected chi connectivity index (χ2v) is 8.27. The third-order valence-electron chi connectivity index (χ3n) is 5.11. The van der Waals surface area contributed by atoms with Gasteiger partial charge < -0.3 is 15.8 Å². The summed E-state index contributed by atoms with van der Waals surface area (Å²) in [7, 11) is 0. The molecule has 0 radical (unpaired) electrons. The maximum absolute atomic E-state index is 12.7. The number of carbonyl (C=O) groups is 2. The highest BCUT2D eigenvalue weighted by Gasteiger charge is 2.11. The Bertz CT molecular complexity index is 1220. The fourth-order valence-electron chi connectivity index (χ4n) is 3.26. The Balaban J connectivity index is 1.31. The Hall–Kier alpha value is -3.97. The number of aryl methyl sites for hydroxylation is 1. The maximum Gasteiger partial charge on any atom is 0.306 e. The number of aromatic nitrogens is 1. The lowest BCUT2D eigenvalue weighted by molar-refractivity contribution is -0.144. The number of esters is 1. The van der Waals surface area contributed by atoms with Crippen molar-refractivity contribution in [3.8, 4) is 11.1 Å². The van der Waals surface area contributed by atoms with Gasteiger partial charge in [0.1, 0.15) is 6.61 Å². The number of nitrogen functional groups attached to an aromatic ring is 1. The number of hydrogen-bond acceptors (Lipinski definition) is 6. The van der Waals surface area contributed by atoms with Crippen LogP contribution < -0.4 is 11.1 Å². The molecule has 7 heteroatoms. The molecule has 33 heavy (non-hydrogen) atoms. The molecule has 2 aromatic heterocycles. The summed E-state index contributed by atoms with van der Waals surface area (Å²) in [6.45, 7) is 0.211. The summed E-state index contributed by atoms with van der Waals surface area (Å²) in [6, 6.07) is 18.4. The fraction of sp³-hybridized carbons (Fsp3) is 0.115. The summed E-state index contributed by atoms with van der Waals surface area (Å²) < 4.78 is 5.27. The van der Waals surface area contributed by atoms with E-state index in [0.29, 0.717) is 23.4 Å². The standard InChI is InChI=1S/C26H23N3O3S/c27-23-9-8-21(22-11-13-33-17-22)14-24(23)29-26(31)20-6-3-18(4-7-20)5-10-25(30)32-16-19-2-1-12-28-15-19/h1-4,6-9,11-15,17H,5,10,16,27H2,(H,29,31). The van der Waals surface area contributed by atoms with Crippen molar-refractivity contribution in [1.82, 2.24) is 4.98 Å². The Morgan fingerprint density at radius 3 is 2.58 bits per heavy atom. The maximum atomic E-state index is 12.7. The van der Waals surface area contributed by atoms with Gasteiger partial charge in [0.05, 0.1) is 11.4 Å². The van der Waals surface area contributed by atoms with Gasteiger partial charge in [-0.25, -0.2) is 0 Å². The summed E-state index contributed by atoms with van der Waals surface area (Å²) in [4.78, 5) is 28.7. The number of rotatable bonds is 8. The van der Waals surface area contributed by atoms with Crippen LogP contribution in [0.2, 0.25) is 0 Å². The summed E-state index contributed by atoms with van der Waals surface area (Å²) in [5.41, 5.74) is 11.5. The predicted molar refractivity (Wildman–Crippen MR) is 131 cm³/mol. The van der Waals surface area contributed by atoms with E-state index in [4.69, 9.17) is 10.5 Å². The van der Waals surface area contributed by atoms with Crippen molar-refractivity contribution in [2.75, 3.05) is 11.1 Å². The fourth-order valence-corrected chi connectivity index (χ4v) is 3.92. The second-order valence-electron chi connectivity index (χ2n) is 7.49. The smallest absolute Gasteiger partial charge is 0.306 e. The van der Waals surface area contributed by atoms with Gasteiger partial charge in [-0.1, -0.05) is 24.3 Å². The highest BCUT2D eigenvalue weighted by atomic mass is 32.1. The first-order chi connectivity index (χ1) is 16.1. The SMILES string of the molecule is Nc1ccc(-c2ccsc2)cc1NC(=O)c1ccc(CCC(=O)OCc2cccnc2)cc1. The zero-order valence-electron chi connectivity index (χ0n) is 17.9. The van der Waals surface area contributed by atoms with E-state index in [1.165, 1.54) is 0 Å². The molecule has 2 aromatic carbocycles. The first-order valence-corrected chi connectivity index (χ1v) is 11.4. The highest BCUT2D eigenvalue weighted by molar-refractivity contribution is 7.08. The van der Waals surface area contributed by atoms with E-state index in [2.05, 4.69) is 10.3 Å². The van der Waals surface area contributed by atoms with Crippen molar-refractivity contribution in [3.05, 3.63) is 101 Å². The molecule has 0 unspecified atom stereocenters. The van der Waals surface area contributed by atoms with Gasteiger partial charge in [0.15, 0.2) is 0 Å². The number of pyridine rings is 1. The number of amides is 1. The molecule has 1 amide bonds. The Labute approximate surface area is 196 Å². The molecule has 0 aliphatic rings. The molecule has 166 valence electrons. The number of ether oxygens (including phenoxy) is 1. The quantitative estimate of drug-likeness (QED) is 0.276. The normalized spacial score (nSPS) is 10.5. The number of thiophene rings is 1. The molecule has 6 nitrogen and oxygen atoms in total. The molecule has 0 bridgehead atoms. The van der Waals surface area contributed by atoms with Crippen LogP contribution in [0.25, 0.3) is 11.1 Å². The Morgan fingerprint density at radius 1 is 1.00 bits per heavy atom. The van der Waals surface area contributed by atoms with E-state index in [-0.39, 0.29) is 24.9 Å². The molecule has 0 aliphatic carbocycles. The molecular formula is C26H23N3O3S. The van der Waals surface area contributed by atoms with Crippen LogP contribution in [0, 0.1) is 0 Å². The number of carbonyl (C=O) groups excluding carboxylic acids is 2. The van der Waals surface area contributed by atoms with E-state index >= 15 is 0 Å². The van der Waals surface area contributed by atoms with Crippen LogP contribution in [0.1, 0.15) is 27.9 Å². The lowest BCUT2D eigenvalue weighted by Crippen LogP contribution is -2.13. The minimum Gasteiger partial charge on any atom is -0.461 e. The van der Waals surface area contributed by atoms with Gasteiger partial charge in [0.25, 0.3) is 5.91 Å². The van der Waals surface area contributed by atoms with Crippen LogP contribution in [0.5, 0.6) is 0 Å². The van der Waals surface area contributed by atoms with E-state index in [9.17, 15) is 9.59 Å². The topological polar surface area (TPSA) is 94.3 Å². The van der Waals surface area contributed by atoms with Gasteiger partial charge in [0.2, 0.25) is 0 Å². The van der Waals surface area contributed by atoms with Crippen LogP contribution in [-0.4, -0.2) is 16.9 Å². The number of anilines is 2. The first-order valence-electron chi connectivity index (χ1n) is 10.5. The molecule has 4 aromatic rings. The van der Waals surface area contributed by atoms with Crippen molar-refractivity contribution in [2.24, 2.45) is 0 Å². The molecule has 0 fully saturated rings. The minimum atomic E-state index is -0.276. The van der Waals surface area contributed by atoms with Crippen molar-refractivity contribution in [2.45, 2.75) is 19.4 Å². The molecule has 0 atom stereocenters. The molecular weight excluding hydrogens is 434 g/mol. The highest BCUT2D eigenvalue weighted by Crippen LogP contribution is 2.29. The van der Waals surface area contributed by atoms with Gasteiger partial charge >= 0.3 is 5.97 Å². The van der Waals surface area contributed by atoms with Gasteiger partial charge in [-0.05, 0) is 70.3 Å². The number of hydrogen-bond donors (Lipinski definition) is 2. The monoisotopic (exact) mass is 457 g/mol. The predicted octanol–water partition coefficient (Wildman–Crippen LogP) is 5.32. The number of benzene rings is 2. The number of nitrogens with one attached hydrogen (secondary N) is 1. The summed E-state index contributed by atoms with van der Waals surface area (Å²) >= 11 is 1.61. The molecule has 0 saturated carbocycles. The molecule has 4 rings (SSSR count). The van der Waals surface area contributed by atoms with Crippen molar-refractivity contribution in [3.63, 3.8) is 0 Å². The zero-order chi connectivity index (χ0) is 23.0. The Kier molecular flexibility index (Phi) is 7.12. The lowest BCUT2D eigenvalue weighted by Gasteiger charge is -2.11. The molecule has 0 spiro atoms. The van der Waals surface area contributed by atoms with E-state index in [1.54, 1.807) is 48.0 Å². The van der Waals surface area contributed by atoms with Crippen LogP contribution >= 0.6 is 11.3 Å². The minimum absolute atomic E-state index is 0.211. The van der Waals surface area contributed by atoms with Gasteiger partial charge in [0, 0.05) is 29.9 Å². The molecule has 0 aliphatic heterocycles. The van der Waals surface area contributed by atoms with E-state index in [1.807, 2.05) is 47.2 Å². The average molecular weight is 458 g/mol. The third kappa shape index (κ3) is 6.05. The summed E-state index contributed by atoms with van der Waals surface area (Å²) in [6.07, 6.45) is 4.14. The average Bonchev–Trinajstić information content (AvgIpc) is 3.39. The Morgan fingerprint density at radius 2 is 1.85 bits per heavy atom. The first kappa shape index (κ1) is 22.2. The third-order valence-corrected chi connectivity index (χ3v) is 5.80. The van der Waals surface area contributed by atoms with Crippen LogP contribution in [0.4, 0.5) is 11.4 Å². The van der Waals surface area contributed by atoms with Crippen molar-refractivity contribution in [1.29, 1.82) is 0 Å². The molecule has 0 saturated heterocycles. The summed E-state index contributed by atoms with van der Waals surface area (Å²) in [5, 5.41) is 6.94. The van der Waals surface area contributed by atoms with E-state index in [0.717, 1.165) is 22.3 Å². The van der Waals surface area contributed by atoms with Gasteiger partial charge in [-0.3, -0.25) is 14.6 Å². The van der Waals surface area contributed by atoms with E-state index < -0.39 is 0 Å². The zero-order valence-corrected chi connectivity index (χ0v) is 18.7. The van der Waals surface area contributed by atoms with Crippen LogP contribution in [0.15, 0.2) is 83.8 Å². The van der Waals surface area contributed by atoms with Crippen molar-refractivity contribution < 1.29 is 14.3 Å². The largest absolute Gasteiger partial charge is 0.461 e. The van der Waals surface area contributed by atoms with Crippen molar-refractivity contribution >= 4 is 34.6 Å². The second kappa shape index (κ2) is 10.6. The number of nitrogens with zero attached hydrogens (tertiary/aromatic N) is 1. The van der Waals surface area contributed by atoms with Gasteiger partial charge in [-0.2, -0.15) is 11.3 Å². The van der Waals surface area contributed by atoms with Crippen LogP contribution in [-0.2, 0) is 22.6 Å². The molecule has 3 N–H and O–H groups in total.